The Morgan fingerprint density at radius 1 is 1.05 bits per heavy atom. The molecule has 0 saturated carbocycles. The number of nitrogens with one attached hydrogen (secondary N) is 2. The van der Waals surface area contributed by atoms with E-state index in [9.17, 15) is 4.79 Å². The van der Waals surface area contributed by atoms with Gasteiger partial charge in [0.2, 0.25) is 0 Å². The molecule has 0 atom stereocenters. The summed E-state index contributed by atoms with van der Waals surface area (Å²) in [5.74, 6) is 8.98. The van der Waals surface area contributed by atoms with E-state index in [0.717, 1.165) is 93.1 Å². The number of aromatic nitrogens is 2. The molecule has 0 fully saturated rings. The summed E-state index contributed by atoms with van der Waals surface area (Å²) in [5.41, 5.74) is 3.22. The molecule has 2 aromatic carbocycles. The minimum Gasteiger partial charge on any atom is -0.497 e. The predicted octanol–water partition coefficient (Wildman–Crippen LogP) is 7.86. The smallest absolute Gasteiger partial charge is 0.407 e. The largest absolute Gasteiger partial charge is 0.497 e. The third kappa shape index (κ3) is 8.74. The quantitative estimate of drug-likeness (QED) is 0.126. The topological polar surface area (TPSA) is 94.6 Å². The third-order valence-corrected chi connectivity index (χ3v) is 7.83. The van der Waals surface area contributed by atoms with Crippen LogP contribution in [0, 0.1) is 11.8 Å². The number of hydrogen-bond acceptors (Lipinski definition) is 8. The maximum Gasteiger partial charge on any atom is 0.407 e. The van der Waals surface area contributed by atoms with Gasteiger partial charge in [-0.25, -0.2) is 14.8 Å². The zero-order valence-corrected chi connectivity index (χ0v) is 26.9. The van der Waals surface area contributed by atoms with Crippen LogP contribution >= 0.6 is 11.3 Å². The van der Waals surface area contributed by atoms with Gasteiger partial charge in [-0.2, -0.15) is 0 Å². The molecular formula is C34H42N4O4S. The normalized spacial score (nSPS) is 11.2. The van der Waals surface area contributed by atoms with Crippen LogP contribution in [0.5, 0.6) is 11.5 Å². The highest BCUT2D eigenvalue weighted by molar-refractivity contribution is 7.19. The molecule has 43 heavy (non-hydrogen) atoms. The Hall–Kier alpha value is -4.03. The van der Waals surface area contributed by atoms with Gasteiger partial charge in [0.15, 0.2) is 5.82 Å². The molecule has 0 unspecified atom stereocenters. The van der Waals surface area contributed by atoms with Crippen molar-refractivity contribution in [1.29, 1.82) is 0 Å². The van der Waals surface area contributed by atoms with Crippen molar-refractivity contribution in [1.82, 2.24) is 15.3 Å². The number of ether oxygens (including phenoxy) is 3. The molecule has 2 N–H and O–H groups in total. The molecule has 4 rings (SSSR count). The number of amides is 1. The Kier molecular flexibility index (Phi) is 11.1. The fraction of sp³-hybridized carbons (Fsp3) is 0.441. The zero-order chi connectivity index (χ0) is 30.8. The fourth-order valence-electron chi connectivity index (χ4n) is 4.58. The Balaban J connectivity index is 1.54. The van der Waals surface area contributed by atoms with Crippen molar-refractivity contribution in [3.63, 3.8) is 0 Å². The molecule has 9 heteroatoms. The minimum absolute atomic E-state index is 0.384. The zero-order valence-electron chi connectivity index (χ0n) is 26.1. The molecule has 4 aromatic rings. The fourth-order valence-corrected chi connectivity index (χ4v) is 5.75. The summed E-state index contributed by atoms with van der Waals surface area (Å²) in [6, 6.07) is 11.9. The van der Waals surface area contributed by atoms with E-state index >= 15 is 0 Å². The number of nitrogens with zero attached hydrogens (tertiary/aromatic N) is 2. The van der Waals surface area contributed by atoms with Crippen LogP contribution < -0.4 is 20.1 Å². The highest BCUT2D eigenvalue weighted by Gasteiger charge is 2.17. The summed E-state index contributed by atoms with van der Waals surface area (Å²) >= 11 is 1.73. The standard InChI is InChI=1S/C34H42N4O4S/c1-7-8-17-28-38-30-31(43-28)29-23(14-11-9-10-12-20-35-33(39)42-34(2,3)4)15-13-16-26(29)37-32(30)36-22-24-18-19-25(40-5)21-27(24)41-6/h13,15-16,18-19,21H,7-10,12,17,20,22H2,1-6H3,(H,35,39)(H,36,37). The molecule has 0 aliphatic rings. The Labute approximate surface area is 258 Å². The van der Waals surface area contributed by atoms with Crippen molar-refractivity contribution in [3.05, 3.63) is 52.5 Å². The Morgan fingerprint density at radius 3 is 2.63 bits per heavy atom. The maximum atomic E-state index is 11.8. The van der Waals surface area contributed by atoms with Gasteiger partial charge in [-0.1, -0.05) is 31.3 Å². The number of anilines is 1. The van der Waals surface area contributed by atoms with Gasteiger partial charge in [0.05, 0.1) is 29.4 Å². The molecule has 0 aliphatic heterocycles. The number of carbonyl (C=O) groups excluding carboxylic acids is 1. The number of aryl methyl sites for hydroxylation is 1. The lowest BCUT2D eigenvalue weighted by Gasteiger charge is -2.19. The summed E-state index contributed by atoms with van der Waals surface area (Å²) in [5, 5.41) is 8.48. The second kappa shape index (κ2) is 14.9. The molecule has 0 aliphatic carbocycles. The van der Waals surface area contributed by atoms with Crippen LogP contribution in [0.1, 0.15) is 75.9 Å². The van der Waals surface area contributed by atoms with Crippen molar-refractivity contribution >= 4 is 44.4 Å². The first-order valence-corrected chi connectivity index (χ1v) is 15.7. The van der Waals surface area contributed by atoms with Crippen molar-refractivity contribution < 1.29 is 19.0 Å². The van der Waals surface area contributed by atoms with Crippen LogP contribution in [0.25, 0.3) is 21.1 Å². The van der Waals surface area contributed by atoms with E-state index < -0.39 is 5.60 Å². The highest BCUT2D eigenvalue weighted by Crippen LogP contribution is 2.36. The average molecular weight is 603 g/mol. The van der Waals surface area contributed by atoms with Crippen molar-refractivity contribution in [3.8, 4) is 23.3 Å². The van der Waals surface area contributed by atoms with E-state index in [0.29, 0.717) is 13.1 Å². The summed E-state index contributed by atoms with van der Waals surface area (Å²) < 4.78 is 17.3. The SMILES string of the molecule is CCCCc1nc2c(NCc3ccc(OC)cc3OC)nc3cccc(C#CCCCCNC(=O)OC(C)(C)C)c3c2s1. The minimum atomic E-state index is -0.496. The third-order valence-electron chi connectivity index (χ3n) is 6.70. The van der Waals surface area contributed by atoms with E-state index in [4.69, 9.17) is 24.2 Å². The molecule has 2 aromatic heterocycles. The van der Waals surface area contributed by atoms with E-state index in [1.165, 1.54) is 0 Å². The van der Waals surface area contributed by atoms with E-state index in [2.05, 4.69) is 35.5 Å². The molecule has 0 radical (unpaired) electrons. The Morgan fingerprint density at radius 2 is 1.88 bits per heavy atom. The van der Waals surface area contributed by atoms with Gasteiger partial charge in [0.25, 0.3) is 0 Å². The molecule has 0 spiro atoms. The van der Waals surface area contributed by atoms with Gasteiger partial charge in [-0.05, 0) is 70.7 Å². The van der Waals surface area contributed by atoms with Gasteiger partial charge < -0.3 is 24.8 Å². The molecule has 0 bridgehead atoms. The second-order valence-corrected chi connectivity index (χ2v) is 12.4. The van der Waals surface area contributed by atoms with Gasteiger partial charge in [-0.15, -0.1) is 11.3 Å². The number of alkyl carbamates (subject to hydrolysis) is 1. The molecule has 2 heterocycles. The first-order valence-electron chi connectivity index (χ1n) is 14.8. The number of fused-ring (bicyclic) bond motifs is 3. The number of benzene rings is 2. The number of thiazole rings is 1. The summed E-state index contributed by atoms with van der Waals surface area (Å²) in [6.45, 7) is 8.86. The predicted molar refractivity (Wildman–Crippen MR) is 175 cm³/mol. The van der Waals surface area contributed by atoms with Crippen LogP contribution in [-0.4, -0.2) is 42.4 Å². The lowest BCUT2D eigenvalue weighted by Crippen LogP contribution is -2.32. The van der Waals surface area contributed by atoms with E-state index in [-0.39, 0.29) is 6.09 Å². The Bertz CT molecular complexity index is 1610. The first kappa shape index (κ1) is 31.9. The second-order valence-electron chi connectivity index (χ2n) is 11.3. The van der Waals surface area contributed by atoms with E-state index in [1.807, 2.05) is 51.1 Å². The van der Waals surface area contributed by atoms with Crippen LogP contribution in [0.4, 0.5) is 10.6 Å². The van der Waals surface area contributed by atoms with Crippen LogP contribution in [0.2, 0.25) is 0 Å². The maximum absolute atomic E-state index is 11.8. The number of methoxy groups -OCH3 is 2. The lowest BCUT2D eigenvalue weighted by molar-refractivity contribution is 0.0527. The summed E-state index contributed by atoms with van der Waals surface area (Å²) in [6.07, 6.45) is 5.20. The van der Waals surface area contributed by atoms with Gasteiger partial charge in [-0.3, -0.25) is 0 Å². The number of carbonyl (C=O) groups is 1. The first-order chi connectivity index (χ1) is 20.7. The van der Waals surface area contributed by atoms with Crippen LogP contribution in [0.3, 0.4) is 0 Å². The van der Waals surface area contributed by atoms with Gasteiger partial charge in [0.1, 0.15) is 22.6 Å². The average Bonchev–Trinajstić information content (AvgIpc) is 3.41. The number of unbranched alkanes of at least 4 members (excludes halogenated alkanes) is 3. The van der Waals surface area contributed by atoms with Crippen LogP contribution in [0.15, 0.2) is 36.4 Å². The van der Waals surface area contributed by atoms with Gasteiger partial charge >= 0.3 is 6.09 Å². The number of pyridine rings is 1. The number of hydrogen-bond donors (Lipinski definition) is 2. The van der Waals surface area contributed by atoms with Gasteiger partial charge in [0, 0.05) is 42.1 Å². The van der Waals surface area contributed by atoms with Crippen molar-refractivity contribution in [2.75, 3.05) is 26.1 Å². The number of rotatable bonds is 12. The molecule has 8 nitrogen and oxygen atoms in total. The molecular weight excluding hydrogens is 560 g/mol. The summed E-state index contributed by atoms with van der Waals surface area (Å²) in [7, 11) is 3.31. The van der Waals surface area contributed by atoms with Crippen LogP contribution in [-0.2, 0) is 17.7 Å². The lowest BCUT2D eigenvalue weighted by atomic mass is 10.1. The monoisotopic (exact) mass is 602 g/mol. The summed E-state index contributed by atoms with van der Waals surface area (Å²) in [4.78, 5) is 21.9. The highest BCUT2D eigenvalue weighted by atomic mass is 32.1. The van der Waals surface area contributed by atoms with E-state index in [1.54, 1.807) is 25.6 Å². The van der Waals surface area contributed by atoms with Crippen molar-refractivity contribution in [2.24, 2.45) is 0 Å². The molecule has 0 saturated heterocycles. The molecule has 228 valence electrons. The van der Waals surface area contributed by atoms with Crippen molar-refractivity contribution in [2.45, 2.75) is 78.4 Å². The molecule has 1 amide bonds.